The summed E-state index contributed by atoms with van der Waals surface area (Å²) in [5.41, 5.74) is 0.874. The Bertz CT molecular complexity index is 742. The van der Waals surface area contributed by atoms with Crippen LogP contribution in [0, 0.1) is 10.1 Å². The van der Waals surface area contributed by atoms with Crippen molar-refractivity contribution in [1.82, 2.24) is 20.0 Å². The van der Waals surface area contributed by atoms with Crippen LogP contribution < -0.4 is 5.32 Å². The van der Waals surface area contributed by atoms with Crippen LogP contribution in [0.15, 0.2) is 36.5 Å². The van der Waals surface area contributed by atoms with Crippen LogP contribution in [0.1, 0.15) is 17.4 Å². The maximum atomic E-state index is 12.5. The van der Waals surface area contributed by atoms with Crippen LogP contribution in [-0.4, -0.2) is 51.2 Å². The summed E-state index contributed by atoms with van der Waals surface area (Å²) in [7, 11) is 0. The first kappa shape index (κ1) is 15.2. The first-order valence-electron chi connectivity index (χ1n) is 7.38. The van der Waals surface area contributed by atoms with Crippen molar-refractivity contribution < 1.29 is 9.72 Å². The van der Waals surface area contributed by atoms with Gasteiger partial charge in [0.05, 0.1) is 10.6 Å². The number of piperazine rings is 1. The highest BCUT2D eigenvalue weighted by atomic mass is 16.6. The molecule has 2 heterocycles. The van der Waals surface area contributed by atoms with Gasteiger partial charge in [-0.3, -0.25) is 14.9 Å². The quantitative estimate of drug-likeness (QED) is 0.679. The Kier molecular flexibility index (Phi) is 4.07. The summed E-state index contributed by atoms with van der Waals surface area (Å²) in [5.74, 6) is -0.123. The van der Waals surface area contributed by atoms with Gasteiger partial charge >= 0.3 is 0 Å². The fourth-order valence-electron chi connectivity index (χ4n) is 2.61. The average Bonchev–Trinajstić information content (AvgIpc) is 3.04. The molecule has 1 unspecified atom stereocenters. The first-order valence-corrected chi connectivity index (χ1v) is 7.38. The Hall–Kier alpha value is -2.74. The second-order valence-corrected chi connectivity index (χ2v) is 5.53. The SMILES string of the molecule is CC1CN(C(=O)c2ccn(-c3cccc([N+](=O)[O-])c3)n2)CCN1. The monoisotopic (exact) mass is 315 g/mol. The normalized spacial score (nSPS) is 18.0. The van der Waals surface area contributed by atoms with Crippen molar-refractivity contribution in [3.63, 3.8) is 0 Å². The Morgan fingerprint density at radius 1 is 1.43 bits per heavy atom. The number of hydrogen-bond donors (Lipinski definition) is 1. The Labute approximate surface area is 132 Å². The van der Waals surface area contributed by atoms with Crippen molar-refractivity contribution in [3.05, 3.63) is 52.3 Å². The molecule has 1 atom stereocenters. The zero-order valence-electron chi connectivity index (χ0n) is 12.7. The molecule has 1 saturated heterocycles. The molecule has 1 amide bonds. The van der Waals surface area contributed by atoms with E-state index in [0.29, 0.717) is 24.5 Å². The third-order valence-corrected chi connectivity index (χ3v) is 3.77. The van der Waals surface area contributed by atoms with E-state index in [1.807, 2.05) is 6.92 Å². The molecule has 1 N–H and O–H groups in total. The van der Waals surface area contributed by atoms with Gasteiger partial charge in [0.25, 0.3) is 11.6 Å². The van der Waals surface area contributed by atoms with Gasteiger partial charge in [-0.05, 0) is 19.1 Å². The maximum Gasteiger partial charge on any atom is 0.274 e. The van der Waals surface area contributed by atoms with Gasteiger partial charge in [-0.25, -0.2) is 4.68 Å². The lowest BCUT2D eigenvalue weighted by Gasteiger charge is -2.31. The highest BCUT2D eigenvalue weighted by Gasteiger charge is 2.23. The van der Waals surface area contributed by atoms with Gasteiger partial charge in [0.1, 0.15) is 0 Å². The van der Waals surface area contributed by atoms with Crippen molar-refractivity contribution in [2.45, 2.75) is 13.0 Å². The Balaban J connectivity index is 1.81. The predicted octanol–water partition coefficient (Wildman–Crippen LogP) is 1.21. The second kappa shape index (κ2) is 6.17. The van der Waals surface area contributed by atoms with E-state index < -0.39 is 4.92 Å². The third kappa shape index (κ3) is 3.21. The van der Waals surface area contributed by atoms with Crippen molar-refractivity contribution in [2.75, 3.05) is 19.6 Å². The van der Waals surface area contributed by atoms with E-state index in [4.69, 9.17) is 0 Å². The number of nitro groups is 1. The third-order valence-electron chi connectivity index (χ3n) is 3.77. The minimum Gasteiger partial charge on any atom is -0.334 e. The molecule has 0 radical (unpaired) electrons. The average molecular weight is 315 g/mol. The first-order chi connectivity index (χ1) is 11.0. The van der Waals surface area contributed by atoms with Crippen LogP contribution in [0.2, 0.25) is 0 Å². The molecule has 1 aliphatic rings. The van der Waals surface area contributed by atoms with Crippen LogP contribution in [0.5, 0.6) is 0 Å². The van der Waals surface area contributed by atoms with Crippen LogP contribution in [0.25, 0.3) is 5.69 Å². The fraction of sp³-hybridized carbons (Fsp3) is 0.333. The summed E-state index contributed by atoms with van der Waals surface area (Å²) >= 11 is 0. The Morgan fingerprint density at radius 3 is 3.00 bits per heavy atom. The summed E-state index contributed by atoms with van der Waals surface area (Å²) in [4.78, 5) is 24.6. The smallest absolute Gasteiger partial charge is 0.274 e. The number of amides is 1. The van der Waals surface area contributed by atoms with E-state index in [2.05, 4.69) is 10.4 Å². The summed E-state index contributed by atoms with van der Waals surface area (Å²) in [6.45, 7) is 4.08. The molecule has 0 spiro atoms. The predicted molar refractivity (Wildman–Crippen MR) is 83.6 cm³/mol. The summed E-state index contributed by atoms with van der Waals surface area (Å²) < 4.78 is 1.48. The van der Waals surface area contributed by atoms with Gasteiger partial charge in [0, 0.05) is 44.0 Å². The second-order valence-electron chi connectivity index (χ2n) is 5.53. The van der Waals surface area contributed by atoms with Crippen LogP contribution >= 0.6 is 0 Å². The zero-order valence-corrected chi connectivity index (χ0v) is 12.7. The van der Waals surface area contributed by atoms with Crippen molar-refractivity contribution in [1.29, 1.82) is 0 Å². The summed E-state index contributed by atoms with van der Waals surface area (Å²) in [5, 5.41) is 18.4. The number of carbonyl (C=O) groups excluding carboxylic acids is 1. The van der Waals surface area contributed by atoms with Crippen molar-refractivity contribution >= 4 is 11.6 Å². The topological polar surface area (TPSA) is 93.3 Å². The van der Waals surface area contributed by atoms with Gasteiger partial charge in [0.2, 0.25) is 0 Å². The van der Waals surface area contributed by atoms with E-state index in [0.717, 1.165) is 6.54 Å². The zero-order chi connectivity index (χ0) is 16.4. The molecule has 1 fully saturated rings. The number of nitro benzene ring substituents is 1. The van der Waals surface area contributed by atoms with E-state index >= 15 is 0 Å². The minimum absolute atomic E-state index is 0.0122. The summed E-state index contributed by atoms with van der Waals surface area (Å²) in [6.07, 6.45) is 1.64. The minimum atomic E-state index is -0.457. The van der Waals surface area contributed by atoms with Crippen LogP contribution in [0.3, 0.4) is 0 Å². The number of carbonyl (C=O) groups is 1. The molecule has 23 heavy (non-hydrogen) atoms. The molecular weight excluding hydrogens is 298 g/mol. The van der Waals surface area contributed by atoms with Gasteiger partial charge in [-0.1, -0.05) is 6.07 Å². The lowest BCUT2D eigenvalue weighted by Crippen LogP contribution is -2.51. The standard InChI is InChI=1S/C15H17N5O3/c1-11-10-18(8-6-16-11)15(21)14-5-7-19(17-14)12-3-2-4-13(9-12)20(22)23/h2-5,7,9,11,16H,6,8,10H2,1H3. The molecule has 1 aliphatic heterocycles. The fourth-order valence-corrected chi connectivity index (χ4v) is 2.61. The number of hydrogen-bond acceptors (Lipinski definition) is 5. The van der Waals surface area contributed by atoms with Crippen LogP contribution in [0.4, 0.5) is 5.69 Å². The van der Waals surface area contributed by atoms with Crippen molar-refractivity contribution in [2.24, 2.45) is 0 Å². The molecule has 2 aromatic rings. The number of nitrogens with zero attached hydrogens (tertiary/aromatic N) is 4. The van der Waals surface area contributed by atoms with Crippen LogP contribution in [-0.2, 0) is 0 Å². The van der Waals surface area contributed by atoms with E-state index in [-0.39, 0.29) is 17.6 Å². The number of nitrogens with one attached hydrogen (secondary N) is 1. The van der Waals surface area contributed by atoms with Gasteiger partial charge in [0.15, 0.2) is 5.69 Å². The molecule has 8 nitrogen and oxygen atoms in total. The maximum absolute atomic E-state index is 12.5. The van der Waals surface area contributed by atoms with E-state index in [1.54, 1.807) is 29.3 Å². The highest BCUT2D eigenvalue weighted by molar-refractivity contribution is 5.92. The van der Waals surface area contributed by atoms with E-state index in [9.17, 15) is 14.9 Å². The summed E-state index contributed by atoms with van der Waals surface area (Å²) in [6, 6.07) is 8.03. The molecule has 0 saturated carbocycles. The molecule has 0 aliphatic carbocycles. The van der Waals surface area contributed by atoms with Crippen molar-refractivity contribution in [3.8, 4) is 5.69 Å². The molecule has 8 heteroatoms. The van der Waals surface area contributed by atoms with Gasteiger partial charge in [-0.15, -0.1) is 0 Å². The largest absolute Gasteiger partial charge is 0.334 e. The Morgan fingerprint density at radius 2 is 2.26 bits per heavy atom. The lowest BCUT2D eigenvalue weighted by atomic mass is 10.2. The molecule has 3 rings (SSSR count). The molecule has 120 valence electrons. The number of benzene rings is 1. The molecule has 0 bridgehead atoms. The highest BCUT2D eigenvalue weighted by Crippen LogP contribution is 2.17. The molecular formula is C15H17N5O3. The van der Waals surface area contributed by atoms with E-state index in [1.165, 1.54) is 16.8 Å². The number of rotatable bonds is 3. The van der Waals surface area contributed by atoms with Gasteiger partial charge < -0.3 is 10.2 Å². The molecule has 1 aromatic heterocycles. The lowest BCUT2D eigenvalue weighted by molar-refractivity contribution is -0.384. The number of aromatic nitrogens is 2. The van der Waals surface area contributed by atoms with Gasteiger partial charge in [-0.2, -0.15) is 5.10 Å². The number of non-ortho nitro benzene ring substituents is 1. The molecule has 1 aromatic carbocycles.